The largest absolute Gasteiger partial charge is 0.693 e. The van der Waals surface area contributed by atoms with Crippen LogP contribution in [0.5, 0.6) is 0 Å². The third-order valence-electron chi connectivity index (χ3n) is 2.46. The third-order valence-corrected chi connectivity index (χ3v) is 3.17. The van der Waals surface area contributed by atoms with Gasteiger partial charge in [0.1, 0.15) is 0 Å². The maximum Gasteiger partial charge on any atom is 0.255 e. The van der Waals surface area contributed by atoms with E-state index in [-0.39, 0.29) is 99.5 Å². The van der Waals surface area contributed by atoms with Gasteiger partial charge in [0, 0.05) is 98.7 Å². The molecule has 0 saturated heterocycles. The molecular formula is C9H8Ac2BrN3O2-2. The number of benzene rings is 1. The summed E-state index contributed by atoms with van der Waals surface area (Å²) in [7, 11) is 0. The van der Waals surface area contributed by atoms with Crippen LogP contribution in [-0.4, -0.2) is 11.5 Å². The van der Waals surface area contributed by atoms with Crippen LogP contribution in [0, 0.1) is 98.2 Å². The Balaban J connectivity index is 0.00000128. The minimum atomic E-state index is -0.526. The van der Waals surface area contributed by atoms with E-state index < -0.39 is 4.92 Å². The summed E-state index contributed by atoms with van der Waals surface area (Å²) in [6.45, 7) is 1.14. The van der Waals surface area contributed by atoms with Crippen LogP contribution in [0.4, 0.5) is 11.4 Å². The monoisotopic (exact) mass is 723 g/mol. The first kappa shape index (κ1) is 18.7. The van der Waals surface area contributed by atoms with Gasteiger partial charge < -0.3 is 11.1 Å². The number of nitro groups is 1. The Morgan fingerprint density at radius 2 is 2.06 bits per heavy atom. The predicted octanol–water partition coefficient (Wildman–Crippen LogP) is 3.47. The zero-order chi connectivity index (χ0) is 11.0. The van der Waals surface area contributed by atoms with Gasteiger partial charge in [-0.3, -0.25) is 10.1 Å². The number of fused-ring (bicyclic) bond motifs is 1. The molecule has 0 fully saturated rings. The van der Waals surface area contributed by atoms with Crippen LogP contribution in [0.3, 0.4) is 0 Å². The minimum Gasteiger partial charge on any atom is -0.693 e. The van der Waals surface area contributed by atoms with Crippen molar-refractivity contribution in [2.45, 2.75) is 13.0 Å². The summed E-state index contributed by atoms with van der Waals surface area (Å²) in [6.07, 6.45) is 0.750. The van der Waals surface area contributed by atoms with Crippen LogP contribution in [0.1, 0.15) is 11.1 Å². The van der Waals surface area contributed by atoms with Crippen molar-refractivity contribution in [3.05, 3.63) is 42.8 Å². The van der Waals surface area contributed by atoms with Crippen molar-refractivity contribution in [2.75, 3.05) is 6.54 Å². The van der Waals surface area contributed by atoms with Gasteiger partial charge in [-0.05, 0) is 12.0 Å². The Labute approximate surface area is 179 Å². The molecule has 1 heterocycles. The molecule has 2 rings (SSSR count). The van der Waals surface area contributed by atoms with Gasteiger partial charge in [0.25, 0.3) is 5.69 Å². The second kappa shape index (κ2) is 8.12. The molecule has 0 bridgehead atoms. The van der Waals surface area contributed by atoms with Crippen LogP contribution in [0.2, 0.25) is 0 Å². The summed E-state index contributed by atoms with van der Waals surface area (Å²) in [5, 5.41) is 14.9. The maximum absolute atomic E-state index is 10.7. The molecule has 0 atom stereocenters. The van der Waals surface area contributed by atoms with Crippen molar-refractivity contribution < 1.29 is 93.0 Å². The number of hydrogen-bond donors (Lipinski definition) is 0. The van der Waals surface area contributed by atoms with E-state index >= 15 is 0 Å². The molecule has 0 aromatic heterocycles. The van der Waals surface area contributed by atoms with Crippen LogP contribution < -0.4 is 0 Å². The number of hydrogen-bond acceptors (Lipinski definition) is 2. The fourth-order valence-electron chi connectivity index (χ4n) is 1.70. The van der Waals surface area contributed by atoms with Gasteiger partial charge in [0.05, 0.1) is 4.92 Å². The first-order valence-corrected chi connectivity index (χ1v) is 5.24. The second-order valence-corrected chi connectivity index (χ2v) is 4.18. The summed E-state index contributed by atoms with van der Waals surface area (Å²) in [4.78, 5) is 10.2. The predicted molar refractivity (Wildman–Crippen MR) is 60.4 cm³/mol. The SMILES string of the molecule is [Ac].[Ac].[NH-]c1c([N+](=O)[O-])cc(Br)c2c1C[N-]CC2. The normalized spacial score (nSPS) is 13.0. The van der Waals surface area contributed by atoms with E-state index in [9.17, 15) is 10.1 Å². The van der Waals surface area contributed by atoms with Crippen molar-refractivity contribution in [1.82, 2.24) is 0 Å². The molecule has 0 spiro atoms. The average Bonchev–Trinajstić information content (AvgIpc) is 2.23. The molecule has 2 radical (unpaired) electrons. The fourth-order valence-corrected chi connectivity index (χ4v) is 2.35. The number of nitro benzene ring substituents is 1. The van der Waals surface area contributed by atoms with Gasteiger partial charge in [-0.2, -0.15) is 0 Å². The molecule has 1 aromatic rings. The molecule has 86 valence electrons. The smallest absolute Gasteiger partial charge is 0.255 e. The van der Waals surface area contributed by atoms with Crippen molar-refractivity contribution in [2.24, 2.45) is 0 Å². The standard InChI is InChI=1S/C9H8BrN3O2.2Ac/c10-7-3-8(13(14)15)9(11)6-4-12-2-1-5(6)7;;/h3,11H,1-2,4H2;;/q-2;;. The molecule has 8 heteroatoms. The molecule has 0 aliphatic carbocycles. The van der Waals surface area contributed by atoms with Gasteiger partial charge >= 0.3 is 0 Å². The zero-order valence-electron chi connectivity index (χ0n) is 8.94. The number of nitrogens with one attached hydrogen (secondary N) is 1. The van der Waals surface area contributed by atoms with Crippen molar-refractivity contribution in [3.8, 4) is 0 Å². The first-order chi connectivity index (χ1) is 7.11. The third kappa shape index (κ3) is 4.10. The first-order valence-electron chi connectivity index (χ1n) is 4.44. The molecule has 1 aromatic carbocycles. The molecule has 0 unspecified atom stereocenters. The van der Waals surface area contributed by atoms with E-state index in [4.69, 9.17) is 5.73 Å². The quantitative estimate of drug-likeness (QED) is 0.329. The molecule has 17 heavy (non-hydrogen) atoms. The fraction of sp³-hybridized carbons (Fsp3) is 0.333. The van der Waals surface area contributed by atoms with E-state index in [1.807, 2.05) is 0 Å². The molecule has 1 aliphatic heterocycles. The van der Waals surface area contributed by atoms with E-state index in [2.05, 4.69) is 21.2 Å². The van der Waals surface area contributed by atoms with E-state index in [0.717, 1.165) is 23.0 Å². The molecule has 0 amide bonds. The Morgan fingerprint density at radius 3 is 2.65 bits per heavy atom. The Morgan fingerprint density at radius 1 is 1.41 bits per heavy atom. The number of halogens is 1. The summed E-state index contributed by atoms with van der Waals surface area (Å²) in [6, 6.07) is 1.41. The molecule has 0 saturated carbocycles. The molecule has 1 N–H and O–H groups in total. The average molecular weight is 724 g/mol. The molecular weight excluding hydrogens is 716 g/mol. The summed E-state index contributed by atoms with van der Waals surface area (Å²) < 4.78 is 0.718. The van der Waals surface area contributed by atoms with Crippen molar-refractivity contribution >= 4 is 27.3 Å². The van der Waals surface area contributed by atoms with E-state index in [1.54, 1.807) is 0 Å². The summed E-state index contributed by atoms with van der Waals surface area (Å²) in [5.74, 6) is 0. The van der Waals surface area contributed by atoms with Crippen LogP contribution in [0.15, 0.2) is 10.5 Å². The topological polar surface area (TPSA) is 81.0 Å². The Kier molecular flexibility index (Phi) is 8.96. The molecule has 1 aliphatic rings. The number of rotatable bonds is 1. The minimum absolute atomic E-state index is 0. The van der Waals surface area contributed by atoms with Crippen molar-refractivity contribution in [3.63, 3.8) is 0 Å². The molecule has 5 nitrogen and oxygen atoms in total. The summed E-state index contributed by atoms with van der Waals surface area (Å²) in [5.41, 5.74) is 9.25. The Hall–Kier alpha value is 1.74. The van der Waals surface area contributed by atoms with Crippen molar-refractivity contribution in [1.29, 1.82) is 0 Å². The summed E-state index contributed by atoms with van der Waals surface area (Å²) >= 11 is 3.31. The van der Waals surface area contributed by atoms with Gasteiger partial charge in [-0.1, -0.05) is 27.2 Å². The van der Waals surface area contributed by atoms with Gasteiger partial charge in [-0.25, -0.2) is 0 Å². The second-order valence-electron chi connectivity index (χ2n) is 3.32. The Bertz CT molecular complexity index is 443. The van der Waals surface area contributed by atoms with E-state index in [0.29, 0.717) is 12.1 Å². The van der Waals surface area contributed by atoms with E-state index in [1.165, 1.54) is 6.07 Å². The van der Waals surface area contributed by atoms with Crippen LogP contribution >= 0.6 is 15.9 Å². The van der Waals surface area contributed by atoms with Gasteiger partial charge in [-0.15, -0.1) is 13.1 Å². The van der Waals surface area contributed by atoms with Crippen LogP contribution in [0.25, 0.3) is 11.1 Å². The number of nitrogens with zero attached hydrogens (tertiary/aromatic N) is 2. The van der Waals surface area contributed by atoms with Crippen LogP contribution in [-0.2, 0) is 13.0 Å². The van der Waals surface area contributed by atoms with Gasteiger partial charge in [0.15, 0.2) is 0 Å². The zero-order valence-corrected chi connectivity index (χ0v) is 20.0. The maximum atomic E-state index is 10.7. The van der Waals surface area contributed by atoms with Gasteiger partial charge in [0.2, 0.25) is 0 Å².